The summed E-state index contributed by atoms with van der Waals surface area (Å²) < 4.78 is 6.00. The summed E-state index contributed by atoms with van der Waals surface area (Å²) in [5.74, 6) is 2.95. The molecule has 2 saturated carbocycles. The van der Waals surface area contributed by atoms with Crippen LogP contribution in [0, 0.1) is 17.8 Å². The molecule has 0 radical (unpaired) electrons. The maximum atomic E-state index is 6.00. The van der Waals surface area contributed by atoms with Crippen molar-refractivity contribution < 1.29 is 4.74 Å². The van der Waals surface area contributed by atoms with Gasteiger partial charge in [-0.25, -0.2) is 0 Å². The second-order valence-corrected chi connectivity index (χ2v) is 5.17. The maximum absolute atomic E-state index is 6.00. The highest BCUT2D eigenvalue weighted by molar-refractivity contribution is 4.92. The molecule has 0 aromatic rings. The Bertz CT molecular complexity index is 190. The molecule has 3 rings (SSSR count). The molecule has 0 bridgehead atoms. The number of hydrogen-bond acceptors (Lipinski definition) is 1. The standard InChI is InChI=1S/C12H20O/c1-2-7-12-11(5-1)10-6-3-4-9(10)8-13-12/h9-12H,1-8H2. The third-order valence-electron chi connectivity index (χ3n) is 4.55. The maximum Gasteiger partial charge on any atom is 0.0606 e. The van der Waals surface area contributed by atoms with Crippen LogP contribution in [-0.4, -0.2) is 12.7 Å². The molecule has 0 aromatic carbocycles. The van der Waals surface area contributed by atoms with E-state index in [4.69, 9.17) is 4.74 Å². The van der Waals surface area contributed by atoms with Crippen LogP contribution in [0.5, 0.6) is 0 Å². The molecule has 0 spiro atoms. The van der Waals surface area contributed by atoms with Crippen molar-refractivity contribution in [3.8, 4) is 0 Å². The van der Waals surface area contributed by atoms with Crippen LogP contribution in [0.4, 0.5) is 0 Å². The highest BCUT2D eigenvalue weighted by Gasteiger charge is 2.42. The minimum absolute atomic E-state index is 0.660. The molecule has 0 N–H and O–H groups in total. The topological polar surface area (TPSA) is 9.23 Å². The molecule has 4 atom stereocenters. The van der Waals surface area contributed by atoms with E-state index in [1.54, 1.807) is 0 Å². The molecule has 1 nitrogen and oxygen atoms in total. The van der Waals surface area contributed by atoms with Crippen LogP contribution >= 0.6 is 0 Å². The summed E-state index contributed by atoms with van der Waals surface area (Å²) in [5.41, 5.74) is 0. The van der Waals surface area contributed by atoms with Crippen LogP contribution < -0.4 is 0 Å². The van der Waals surface area contributed by atoms with Gasteiger partial charge in [0, 0.05) is 0 Å². The van der Waals surface area contributed by atoms with Crippen molar-refractivity contribution in [1.82, 2.24) is 0 Å². The second-order valence-electron chi connectivity index (χ2n) is 5.17. The van der Waals surface area contributed by atoms with Gasteiger partial charge in [0.25, 0.3) is 0 Å². The molecule has 1 aliphatic heterocycles. The zero-order valence-corrected chi connectivity index (χ0v) is 8.37. The Hall–Kier alpha value is -0.0400. The van der Waals surface area contributed by atoms with Crippen molar-refractivity contribution in [2.24, 2.45) is 17.8 Å². The Labute approximate surface area is 80.8 Å². The van der Waals surface area contributed by atoms with E-state index in [-0.39, 0.29) is 0 Å². The van der Waals surface area contributed by atoms with Gasteiger partial charge in [0.1, 0.15) is 0 Å². The smallest absolute Gasteiger partial charge is 0.0606 e. The van der Waals surface area contributed by atoms with Crippen LogP contribution in [-0.2, 0) is 4.74 Å². The van der Waals surface area contributed by atoms with E-state index in [1.807, 2.05) is 0 Å². The summed E-state index contributed by atoms with van der Waals surface area (Å²) in [6.07, 6.45) is 10.8. The molecule has 1 heterocycles. The molecule has 2 aliphatic carbocycles. The van der Waals surface area contributed by atoms with E-state index in [9.17, 15) is 0 Å². The lowest BCUT2D eigenvalue weighted by atomic mass is 9.72. The lowest BCUT2D eigenvalue weighted by molar-refractivity contribution is -0.0994. The Morgan fingerprint density at radius 2 is 1.62 bits per heavy atom. The lowest BCUT2D eigenvalue weighted by Gasteiger charge is -2.43. The van der Waals surface area contributed by atoms with E-state index >= 15 is 0 Å². The summed E-state index contributed by atoms with van der Waals surface area (Å²) in [5, 5.41) is 0. The first-order chi connectivity index (χ1) is 6.45. The number of ether oxygens (including phenoxy) is 1. The minimum Gasteiger partial charge on any atom is -0.378 e. The average Bonchev–Trinajstić information content (AvgIpc) is 2.65. The number of fused-ring (bicyclic) bond motifs is 3. The summed E-state index contributed by atoms with van der Waals surface area (Å²) >= 11 is 0. The first-order valence-electron chi connectivity index (χ1n) is 6.07. The molecular formula is C12H20O. The van der Waals surface area contributed by atoms with Gasteiger partial charge in [-0.2, -0.15) is 0 Å². The van der Waals surface area contributed by atoms with Gasteiger partial charge in [0.2, 0.25) is 0 Å². The third kappa shape index (κ3) is 1.32. The molecule has 0 amide bonds. The number of rotatable bonds is 0. The van der Waals surface area contributed by atoms with Crippen molar-refractivity contribution in [1.29, 1.82) is 0 Å². The molecule has 3 aliphatic rings. The fourth-order valence-corrected chi connectivity index (χ4v) is 3.91. The first kappa shape index (κ1) is 8.28. The predicted molar refractivity (Wildman–Crippen MR) is 52.5 cm³/mol. The van der Waals surface area contributed by atoms with Gasteiger partial charge >= 0.3 is 0 Å². The Morgan fingerprint density at radius 1 is 0.769 bits per heavy atom. The van der Waals surface area contributed by atoms with Gasteiger partial charge in [-0.15, -0.1) is 0 Å². The van der Waals surface area contributed by atoms with Gasteiger partial charge in [0.05, 0.1) is 12.7 Å². The monoisotopic (exact) mass is 180 g/mol. The highest BCUT2D eigenvalue weighted by Crippen LogP contribution is 2.47. The SMILES string of the molecule is C1CCC2C(C1)OCC1CCCC12. The highest BCUT2D eigenvalue weighted by atomic mass is 16.5. The first-order valence-corrected chi connectivity index (χ1v) is 6.07. The molecule has 13 heavy (non-hydrogen) atoms. The number of hydrogen-bond donors (Lipinski definition) is 0. The zero-order valence-electron chi connectivity index (χ0n) is 8.37. The van der Waals surface area contributed by atoms with Gasteiger partial charge < -0.3 is 4.74 Å². The Morgan fingerprint density at radius 3 is 2.62 bits per heavy atom. The third-order valence-corrected chi connectivity index (χ3v) is 4.55. The summed E-state index contributed by atoms with van der Waals surface area (Å²) in [6, 6.07) is 0. The fourth-order valence-electron chi connectivity index (χ4n) is 3.91. The normalized spacial score (nSPS) is 49.8. The van der Waals surface area contributed by atoms with E-state index in [0.717, 1.165) is 24.4 Å². The summed E-state index contributed by atoms with van der Waals surface area (Å²) in [4.78, 5) is 0. The Kier molecular flexibility index (Phi) is 2.08. The van der Waals surface area contributed by atoms with Crippen LogP contribution in [0.1, 0.15) is 44.9 Å². The molecule has 74 valence electrons. The average molecular weight is 180 g/mol. The van der Waals surface area contributed by atoms with Gasteiger partial charge in [-0.3, -0.25) is 0 Å². The van der Waals surface area contributed by atoms with Gasteiger partial charge in [-0.1, -0.05) is 19.3 Å². The summed E-state index contributed by atoms with van der Waals surface area (Å²) in [6.45, 7) is 1.09. The molecule has 1 saturated heterocycles. The summed E-state index contributed by atoms with van der Waals surface area (Å²) in [7, 11) is 0. The van der Waals surface area contributed by atoms with Crippen molar-refractivity contribution in [3.05, 3.63) is 0 Å². The minimum atomic E-state index is 0.660. The van der Waals surface area contributed by atoms with Gasteiger partial charge in [0.15, 0.2) is 0 Å². The van der Waals surface area contributed by atoms with E-state index in [2.05, 4.69) is 0 Å². The Balaban J connectivity index is 1.77. The molecule has 1 heteroatoms. The van der Waals surface area contributed by atoms with Crippen LogP contribution in [0.3, 0.4) is 0 Å². The van der Waals surface area contributed by atoms with E-state index < -0.39 is 0 Å². The van der Waals surface area contributed by atoms with Crippen LogP contribution in [0.25, 0.3) is 0 Å². The molecule has 0 aromatic heterocycles. The van der Waals surface area contributed by atoms with Crippen LogP contribution in [0.2, 0.25) is 0 Å². The van der Waals surface area contributed by atoms with E-state index in [0.29, 0.717) is 6.10 Å². The van der Waals surface area contributed by atoms with Crippen molar-refractivity contribution >= 4 is 0 Å². The van der Waals surface area contributed by atoms with E-state index in [1.165, 1.54) is 44.9 Å². The van der Waals surface area contributed by atoms with Gasteiger partial charge in [-0.05, 0) is 43.4 Å². The zero-order chi connectivity index (χ0) is 8.67. The second kappa shape index (κ2) is 3.27. The molecular weight excluding hydrogens is 160 g/mol. The largest absolute Gasteiger partial charge is 0.378 e. The van der Waals surface area contributed by atoms with Crippen molar-refractivity contribution in [2.75, 3.05) is 6.61 Å². The quantitative estimate of drug-likeness (QED) is 0.557. The molecule has 3 fully saturated rings. The van der Waals surface area contributed by atoms with Crippen molar-refractivity contribution in [3.63, 3.8) is 0 Å². The van der Waals surface area contributed by atoms with Crippen molar-refractivity contribution in [2.45, 2.75) is 51.0 Å². The lowest BCUT2D eigenvalue weighted by Crippen LogP contribution is -2.41. The predicted octanol–water partition coefficient (Wildman–Crippen LogP) is 2.99. The fraction of sp³-hybridized carbons (Fsp3) is 1.00. The molecule has 4 unspecified atom stereocenters. The van der Waals surface area contributed by atoms with Crippen LogP contribution in [0.15, 0.2) is 0 Å².